The Balaban J connectivity index is 1.51. The first-order chi connectivity index (χ1) is 21.7. The van der Waals surface area contributed by atoms with Gasteiger partial charge in [-0.25, -0.2) is 15.0 Å². The van der Waals surface area contributed by atoms with Gasteiger partial charge in [0.05, 0.1) is 36.1 Å². The molecule has 13 heteroatoms. The second-order valence-electron chi connectivity index (χ2n) is 11.7. The van der Waals surface area contributed by atoms with E-state index in [9.17, 15) is 4.79 Å². The molecule has 242 valence electrons. The van der Waals surface area contributed by atoms with Crippen LogP contribution in [0.4, 0.5) is 11.8 Å². The van der Waals surface area contributed by atoms with Crippen LogP contribution in [-0.2, 0) is 9.53 Å². The van der Waals surface area contributed by atoms with E-state index in [0.29, 0.717) is 63.1 Å². The van der Waals surface area contributed by atoms with Crippen molar-refractivity contribution < 1.29 is 19.0 Å². The number of hydrogen-bond acceptors (Lipinski definition) is 11. The molecule has 0 bridgehead atoms. The van der Waals surface area contributed by atoms with Gasteiger partial charge in [-0.1, -0.05) is 29.8 Å². The predicted molar refractivity (Wildman–Crippen MR) is 179 cm³/mol. The minimum absolute atomic E-state index is 0.00842. The van der Waals surface area contributed by atoms with Crippen LogP contribution in [0.25, 0.3) is 22.2 Å². The van der Waals surface area contributed by atoms with Gasteiger partial charge in [0, 0.05) is 80.9 Å². The number of carbonyl (C=O) groups excluding carboxylic acids is 1. The molecule has 0 amide bonds. The molecular formula is C32H41Cl2N7O4. The Labute approximate surface area is 274 Å². The Kier molecular flexibility index (Phi) is 11.0. The molecule has 11 nitrogen and oxygen atoms in total. The number of halogens is 2. The Hall–Kier alpha value is -3.22. The molecule has 0 spiro atoms. The second-order valence-corrected chi connectivity index (χ2v) is 12.5. The maximum absolute atomic E-state index is 12.4. The van der Waals surface area contributed by atoms with Gasteiger partial charge in [0.25, 0.3) is 0 Å². The lowest BCUT2D eigenvalue weighted by Gasteiger charge is -2.20. The maximum Gasteiger partial charge on any atom is 0.223 e. The van der Waals surface area contributed by atoms with Crippen molar-refractivity contribution in [3.05, 3.63) is 41.0 Å². The summed E-state index contributed by atoms with van der Waals surface area (Å²) in [7, 11) is 7.19. The zero-order valence-corrected chi connectivity index (χ0v) is 27.7. The van der Waals surface area contributed by atoms with Gasteiger partial charge in [-0.05, 0) is 39.1 Å². The van der Waals surface area contributed by atoms with Gasteiger partial charge >= 0.3 is 0 Å². The van der Waals surface area contributed by atoms with Gasteiger partial charge in [0.2, 0.25) is 5.95 Å². The highest BCUT2D eigenvalue weighted by atomic mass is 35.5. The van der Waals surface area contributed by atoms with E-state index in [1.165, 1.54) is 20.3 Å². The Bertz CT molecular complexity index is 1510. The van der Waals surface area contributed by atoms with Crippen molar-refractivity contribution in [3.8, 4) is 22.8 Å². The van der Waals surface area contributed by atoms with Crippen molar-refractivity contribution in [2.45, 2.75) is 31.4 Å². The molecule has 0 radical (unpaired) electrons. The normalized spacial score (nSPS) is 20.1. The van der Waals surface area contributed by atoms with Crippen LogP contribution in [-0.4, -0.2) is 110 Å². The van der Waals surface area contributed by atoms with E-state index >= 15 is 0 Å². The van der Waals surface area contributed by atoms with Crippen molar-refractivity contribution in [1.82, 2.24) is 24.8 Å². The summed E-state index contributed by atoms with van der Waals surface area (Å²) in [6.07, 6.45) is 5.64. The van der Waals surface area contributed by atoms with Gasteiger partial charge < -0.3 is 29.7 Å². The molecule has 1 aromatic carbocycles. The maximum atomic E-state index is 12.4. The molecule has 3 atom stereocenters. The summed E-state index contributed by atoms with van der Waals surface area (Å²) in [5.74, 6) is 1.98. The number of likely N-dealkylation sites (tertiary alicyclic amines) is 1. The number of fused-ring (bicyclic) bond motifs is 1. The molecule has 2 aliphatic rings. The number of methoxy groups -OCH3 is 2. The van der Waals surface area contributed by atoms with E-state index < -0.39 is 0 Å². The summed E-state index contributed by atoms with van der Waals surface area (Å²) in [5, 5.41) is 8.37. The zero-order chi connectivity index (χ0) is 32.1. The van der Waals surface area contributed by atoms with Crippen molar-refractivity contribution in [1.29, 1.82) is 0 Å². The van der Waals surface area contributed by atoms with Crippen LogP contribution in [0.15, 0.2) is 31.0 Å². The number of likely N-dealkylation sites (N-methyl/N-ethyl adjacent to an activating group) is 1. The fourth-order valence-electron chi connectivity index (χ4n) is 5.85. The number of pyridine rings is 1. The molecule has 2 saturated heterocycles. The summed E-state index contributed by atoms with van der Waals surface area (Å²) in [5.41, 5.74) is 1.64. The van der Waals surface area contributed by atoms with E-state index in [1.807, 2.05) is 6.07 Å². The summed E-state index contributed by atoms with van der Waals surface area (Å²) in [4.78, 5) is 31.5. The number of carbonyl (C=O) groups is 1. The van der Waals surface area contributed by atoms with Crippen LogP contribution in [0.1, 0.15) is 19.3 Å². The molecule has 2 aliphatic heterocycles. The highest BCUT2D eigenvalue weighted by Crippen LogP contribution is 2.46. The first kappa shape index (κ1) is 33.2. The lowest BCUT2D eigenvalue weighted by Crippen LogP contribution is -2.32. The molecule has 45 heavy (non-hydrogen) atoms. The van der Waals surface area contributed by atoms with Crippen LogP contribution in [0.2, 0.25) is 10.0 Å². The van der Waals surface area contributed by atoms with E-state index in [2.05, 4.69) is 46.1 Å². The van der Waals surface area contributed by atoms with Crippen LogP contribution in [0.5, 0.6) is 11.5 Å². The number of nitrogens with one attached hydrogen (secondary N) is 2. The lowest BCUT2D eigenvalue weighted by molar-refractivity contribution is -0.115. The number of hydrogen-bond donors (Lipinski definition) is 2. The Morgan fingerprint density at radius 1 is 1.18 bits per heavy atom. The van der Waals surface area contributed by atoms with E-state index in [4.69, 9.17) is 47.4 Å². The number of ketones is 1. The van der Waals surface area contributed by atoms with Crippen molar-refractivity contribution >= 4 is 51.7 Å². The largest absolute Gasteiger partial charge is 0.495 e. The van der Waals surface area contributed by atoms with Gasteiger partial charge in [-0.3, -0.25) is 9.69 Å². The van der Waals surface area contributed by atoms with E-state index in [1.54, 1.807) is 12.3 Å². The van der Waals surface area contributed by atoms with Crippen LogP contribution in [0, 0.1) is 5.92 Å². The SMILES string of the molecule is C=CC(=O)C[C@H]1CN(CCN(C)C)C[C@H]1Nc1ncc2cc(-c3c(Cl)c(OC)cc(OC)c3Cl)nc(NCC3CCCO3)c2n1. The molecule has 1 unspecified atom stereocenters. The number of rotatable bonds is 14. The minimum Gasteiger partial charge on any atom is -0.495 e. The fraction of sp³-hybridized carbons (Fsp3) is 0.500. The number of nitrogens with zero attached hydrogens (tertiary/aromatic N) is 5. The molecule has 4 heterocycles. The summed E-state index contributed by atoms with van der Waals surface area (Å²) in [6, 6.07) is 3.49. The van der Waals surface area contributed by atoms with Crippen molar-refractivity contribution in [3.63, 3.8) is 0 Å². The third-order valence-corrected chi connectivity index (χ3v) is 9.05. The van der Waals surface area contributed by atoms with Gasteiger partial charge in [-0.15, -0.1) is 0 Å². The Morgan fingerprint density at radius 2 is 1.93 bits per heavy atom. The van der Waals surface area contributed by atoms with Gasteiger partial charge in [0.15, 0.2) is 11.6 Å². The Morgan fingerprint density at radius 3 is 2.58 bits per heavy atom. The quantitative estimate of drug-likeness (QED) is 0.228. The highest BCUT2D eigenvalue weighted by Gasteiger charge is 2.34. The molecule has 5 rings (SSSR count). The van der Waals surface area contributed by atoms with E-state index in [-0.39, 0.29) is 23.8 Å². The first-order valence-corrected chi connectivity index (χ1v) is 15.9. The number of allylic oxidation sites excluding steroid dienone is 1. The molecule has 0 saturated carbocycles. The average Bonchev–Trinajstić information content (AvgIpc) is 3.69. The minimum atomic E-state index is -0.00842. The van der Waals surface area contributed by atoms with Gasteiger partial charge in [-0.2, -0.15) is 0 Å². The number of anilines is 2. The number of ether oxygens (including phenoxy) is 3. The topological polar surface area (TPSA) is 114 Å². The van der Waals surface area contributed by atoms with Crippen LogP contribution in [0.3, 0.4) is 0 Å². The van der Waals surface area contributed by atoms with Crippen LogP contribution >= 0.6 is 23.2 Å². The summed E-state index contributed by atoms with van der Waals surface area (Å²) >= 11 is 13.5. The fourth-order valence-corrected chi connectivity index (χ4v) is 6.54. The molecule has 3 aromatic rings. The molecule has 2 N–H and O–H groups in total. The third kappa shape index (κ3) is 7.78. The van der Waals surface area contributed by atoms with Crippen LogP contribution < -0.4 is 20.1 Å². The molecule has 2 fully saturated rings. The standard InChI is InChI=1S/C32H41Cl2N7O4/c1-6-21(42)12-20-17-41(10-9-40(2)3)18-24(20)38-32-36-15-19-13-23(27-28(33)25(43-4)14-26(44-5)29(27)34)37-31(30(19)39-32)35-16-22-8-7-11-45-22/h6,13-15,20,22,24H,1,7-12,16-18H2,2-5H3,(H,35,37)(H,36,38,39)/t20-,22?,24+/m0/s1. The third-order valence-electron chi connectivity index (χ3n) is 8.30. The number of benzene rings is 1. The molecular weight excluding hydrogens is 617 g/mol. The summed E-state index contributed by atoms with van der Waals surface area (Å²) in [6.45, 7) is 8.41. The van der Waals surface area contributed by atoms with Crippen molar-refractivity contribution in [2.75, 3.05) is 78.3 Å². The lowest BCUT2D eigenvalue weighted by atomic mass is 9.97. The average molecular weight is 659 g/mol. The molecule has 2 aromatic heterocycles. The number of aromatic nitrogens is 3. The predicted octanol–water partition coefficient (Wildman–Crippen LogP) is 5.03. The van der Waals surface area contributed by atoms with Crippen molar-refractivity contribution in [2.24, 2.45) is 5.92 Å². The first-order valence-electron chi connectivity index (χ1n) is 15.1. The highest BCUT2D eigenvalue weighted by molar-refractivity contribution is 6.41. The smallest absolute Gasteiger partial charge is 0.223 e. The van der Waals surface area contributed by atoms with Gasteiger partial charge in [0.1, 0.15) is 17.0 Å². The van der Waals surface area contributed by atoms with E-state index in [0.717, 1.165) is 51.0 Å². The monoisotopic (exact) mass is 657 g/mol. The summed E-state index contributed by atoms with van der Waals surface area (Å²) < 4.78 is 16.8. The zero-order valence-electron chi connectivity index (χ0n) is 26.2. The molecule has 0 aliphatic carbocycles. The second kappa shape index (κ2) is 14.9.